The minimum Gasteiger partial charge on any atom is -0.444 e. The predicted molar refractivity (Wildman–Crippen MR) is 126 cm³/mol. The lowest BCUT2D eigenvalue weighted by Crippen LogP contribution is -2.55. The highest BCUT2D eigenvalue weighted by Crippen LogP contribution is 2.46. The molecule has 0 spiro atoms. The van der Waals surface area contributed by atoms with E-state index in [1.54, 1.807) is 27.7 Å². The number of carbonyl (C=O) groups excluding carboxylic acids is 2. The number of rotatable bonds is 2. The van der Waals surface area contributed by atoms with E-state index in [2.05, 4.69) is 20.0 Å². The Morgan fingerprint density at radius 3 is 2.41 bits per heavy atom. The summed E-state index contributed by atoms with van der Waals surface area (Å²) in [4.78, 5) is 35.2. The van der Waals surface area contributed by atoms with Crippen LogP contribution in [0.25, 0.3) is 11.3 Å². The van der Waals surface area contributed by atoms with Gasteiger partial charge in [-0.25, -0.2) is 19.6 Å². The maximum atomic E-state index is 13.9. The molecular formula is C24H25F6N5O4. The van der Waals surface area contributed by atoms with E-state index in [1.165, 1.54) is 9.80 Å². The molecule has 9 nitrogen and oxygen atoms in total. The number of nitrogens with zero attached hydrogens (tertiary/aromatic N) is 4. The zero-order valence-corrected chi connectivity index (χ0v) is 21.3. The van der Waals surface area contributed by atoms with Gasteiger partial charge >= 0.3 is 24.5 Å². The Hall–Kier alpha value is -3.78. The third-order valence-corrected chi connectivity index (χ3v) is 5.99. The summed E-state index contributed by atoms with van der Waals surface area (Å²) in [6.07, 6.45) is -13.6. The van der Waals surface area contributed by atoms with Gasteiger partial charge in [0, 0.05) is 37.4 Å². The van der Waals surface area contributed by atoms with Gasteiger partial charge in [-0.2, -0.15) is 26.3 Å². The number of fused-ring (bicyclic) bond motifs is 1. The zero-order chi connectivity index (χ0) is 28.9. The average molecular weight is 561 g/mol. The number of piperazine rings is 1. The van der Waals surface area contributed by atoms with Crippen molar-refractivity contribution in [2.45, 2.75) is 57.8 Å². The first-order valence-corrected chi connectivity index (χ1v) is 11.8. The summed E-state index contributed by atoms with van der Waals surface area (Å²) in [5.74, 6) is -0.642. The number of nitrogens with one attached hydrogen (secondary N) is 1. The molecule has 2 aliphatic heterocycles. The largest absolute Gasteiger partial charge is 0.444 e. The van der Waals surface area contributed by atoms with Crippen LogP contribution >= 0.6 is 0 Å². The molecule has 0 aromatic carbocycles. The first-order valence-electron chi connectivity index (χ1n) is 11.8. The maximum absolute atomic E-state index is 13.9. The summed E-state index contributed by atoms with van der Waals surface area (Å²) in [6, 6.07) is 2.03. The second-order valence-electron chi connectivity index (χ2n) is 10.1. The fourth-order valence-corrected chi connectivity index (χ4v) is 4.32. The molecule has 39 heavy (non-hydrogen) atoms. The monoisotopic (exact) mass is 561 g/mol. The van der Waals surface area contributed by atoms with Crippen LogP contribution in [0.2, 0.25) is 0 Å². The second-order valence-corrected chi connectivity index (χ2v) is 10.1. The number of cyclic esters (lactones) is 1. The van der Waals surface area contributed by atoms with E-state index in [4.69, 9.17) is 4.74 Å². The molecule has 4 rings (SSSR count). The molecule has 2 aliphatic rings. The minimum absolute atomic E-state index is 0.0891. The summed E-state index contributed by atoms with van der Waals surface area (Å²) in [5.41, 5.74) is -3.30. The van der Waals surface area contributed by atoms with Gasteiger partial charge in [0.25, 0.3) is 0 Å². The lowest BCUT2D eigenvalue weighted by molar-refractivity contribution is -0.206. The number of anilines is 2. The van der Waals surface area contributed by atoms with Gasteiger partial charge in [-0.15, -0.1) is 0 Å². The Bertz CT molecular complexity index is 1280. The number of alkyl halides is 6. The number of halogens is 6. The van der Waals surface area contributed by atoms with Crippen molar-refractivity contribution in [3.63, 3.8) is 0 Å². The van der Waals surface area contributed by atoms with E-state index in [-0.39, 0.29) is 31.0 Å². The van der Waals surface area contributed by atoms with Crippen LogP contribution in [0.15, 0.2) is 24.4 Å². The molecule has 1 unspecified atom stereocenters. The summed E-state index contributed by atoms with van der Waals surface area (Å²) >= 11 is 0. The molecule has 15 heteroatoms. The van der Waals surface area contributed by atoms with E-state index < -0.39 is 64.9 Å². The molecule has 1 N–H and O–H groups in total. The molecular weight excluding hydrogens is 536 g/mol. The van der Waals surface area contributed by atoms with Gasteiger partial charge in [-0.05, 0) is 45.9 Å². The fourth-order valence-electron chi connectivity index (χ4n) is 4.32. The van der Waals surface area contributed by atoms with Crippen LogP contribution in [0.5, 0.6) is 0 Å². The molecule has 0 radical (unpaired) electrons. The van der Waals surface area contributed by atoms with Crippen molar-refractivity contribution in [3.8, 4) is 11.3 Å². The van der Waals surface area contributed by atoms with Crippen molar-refractivity contribution in [1.29, 1.82) is 0 Å². The lowest BCUT2D eigenvalue weighted by Gasteiger charge is -2.41. The van der Waals surface area contributed by atoms with Crippen LogP contribution in [-0.2, 0) is 15.7 Å². The van der Waals surface area contributed by atoms with Crippen molar-refractivity contribution >= 4 is 23.8 Å². The van der Waals surface area contributed by atoms with Crippen LogP contribution in [0, 0.1) is 0 Å². The van der Waals surface area contributed by atoms with E-state index in [1.807, 2.05) is 0 Å². The van der Waals surface area contributed by atoms with Gasteiger partial charge in [0.05, 0.1) is 16.8 Å². The highest BCUT2D eigenvalue weighted by Gasteiger charge is 2.49. The summed E-state index contributed by atoms with van der Waals surface area (Å²) in [7, 11) is 0. The number of aromatic nitrogens is 2. The highest BCUT2D eigenvalue weighted by atomic mass is 19.4. The number of hydrogen-bond acceptors (Lipinski definition) is 7. The first kappa shape index (κ1) is 28.2. The van der Waals surface area contributed by atoms with Crippen molar-refractivity contribution in [1.82, 2.24) is 14.9 Å². The van der Waals surface area contributed by atoms with Crippen molar-refractivity contribution in [2.24, 2.45) is 0 Å². The fraction of sp³-hybridized carbons (Fsp3) is 0.500. The molecule has 1 fully saturated rings. The summed E-state index contributed by atoms with van der Waals surface area (Å²) in [5, 5.41) is 2.05. The minimum atomic E-state index is -5.07. The van der Waals surface area contributed by atoms with Crippen LogP contribution in [0.1, 0.15) is 44.9 Å². The van der Waals surface area contributed by atoms with E-state index in [9.17, 15) is 35.9 Å². The molecule has 0 saturated carbocycles. The van der Waals surface area contributed by atoms with Gasteiger partial charge in [-0.1, -0.05) is 0 Å². The standard InChI is InChI=1S/C24H25F6N5O4/c1-12-11-34(7-8-35(12)21(37)39-22(2,3)4)16-10-13(23(25,26)27)9-15(32-16)14-5-6-31-19-17(14)18(24(28,29)30)38-20(36)33-19/h5-6,9-10,12,18H,7-8,11H2,1-4H3,(H,31,33,36)/t12-,18?/m1/s1. The molecule has 2 aromatic rings. The van der Waals surface area contributed by atoms with E-state index in [0.29, 0.717) is 6.07 Å². The predicted octanol–water partition coefficient (Wildman–Crippen LogP) is 5.77. The SMILES string of the molecule is C[C@@H]1CN(c2cc(C(F)(F)F)cc(-c3ccnc4c3C(C(F)(F)F)OC(=O)N4)n2)CCN1C(=O)OC(C)(C)C. The van der Waals surface area contributed by atoms with E-state index >= 15 is 0 Å². The van der Waals surface area contributed by atoms with Crippen molar-refractivity contribution in [2.75, 3.05) is 29.9 Å². The van der Waals surface area contributed by atoms with Crippen molar-refractivity contribution < 1.29 is 45.4 Å². The van der Waals surface area contributed by atoms with Crippen LogP contribution in [0.4, 0.5) is 47.6 Å². The number of amides is 2. The molecule has 0 aliphatic carbocycles. The Morgan fingerprint density at radius 2 is 1.82 bits per heavy atom. The number of hydrogen-bond donors (Lipinski definition) is 1. The van der Waals surface area contributed by atoms with Gasteiger partial charge in [0.15, 0.2) is 0 Å². The number of carbonyl (C=O) groups is 2. The third-order valence-electron chi connectivity index (χ3n) is 5.99. The highest BCUT2D eigenvalue weighted by molar-refractivity contribution is 5.89. The van der Waals surface area contributed by atoms with Crippen molar-refractivity contribution in [3.05, 3.63) is 35.5 Å². The number of ether oxygens (including phenoxy) is 2. The normalized spacial score (nSPS) is 20.2. The van der Waals surface area contributed by atoms with Gasteiger partial charge < -0.3 is 19.3 Å². The zero-order valence-electron chi connectivity index (χ0n) is 21.3. The number of pyridine rings is 2. The van der Waals surface area contributed by atoms with E-state index in [0.717, 1.165) is 18.3 Å². The Balaban J connectivity index is 1.75. The lowest BCUT2D eigenvalue weighted by atomic mass is 9.98. The summed E-state index contributed by atoms with van der Waals surface area (Å²) < 4.78 is 92.9. The van der Waals surface area contributed by atoms with Crippen LogP contribution in [-0.4, -0.2) is 64.5 Å². The molecule has 2 aromatic heterocycles. The Morgan fingerprint density at radius 1 is 1.13 bits per heavy atom. The smallest absolute Gasteiger partial charge is 0.430 e. The van der Waals surface area contributed by atoms with Gasteiger partial charge in [-0.3, -0.25) is 5.32 Å². The molecule has 212 valence electrons. The molecule has 4 heterocycles. The quantitative estimate of drug-likeness (QED) is 0.465. The third kappa shape index (κ3) is 6.11. The molecule has 1 saturated heterocycles. The Kier molecular flexibility index (Phi) is 7.06. The molecule has 2 amide bonds. The summed E-state index contributed by atoms with van der Waals surface area (Å²) in [6.45, 7) is 7.11. The Labute approximate surface area is 219 Å². The van der Waals surface area contributed by atoms with Crippen LogP contribution < -0.4 is 10.2 Å². The molecule has 0 bridgehead atoms. The topological polar surface area (TPSA) is 96.9 Å². The average Bonchev–Trinajstić information content (AvgIpc) is 2.80. The molecule has 2 atom stereocenters. The van der Waals surface area contributed by atoms with Crippen LogP contribution in [0.3, 0.4) is 0 Å². The van der Waals surface area contributed by atoms with Gasteiger partial charge in [0.1, 0.15) is 17.2 Å². The maximum Gasteiger partial charge on any atom is 0.430 e. The van der Waals surface area contributed by atoms with Gasteiger partial charge in [0.2, 0.25) is 6.10 Å². The second kappa shape index (κ2) is 9.75. The first-order chi connectivity index (χ1) is 17.9.